The number of hydrogen-bond donors (Lipinski definition) is 3. The number of anilines is 1. The molecule has 0 saturated carbocycles. The largest absolute Gasteiger partial charge is 0.393 e. The zero-order valence-electron chi connectivity index (χ0n) is 14.6. The molecule has 1 aliphatic rings. The Morgan fingerprint density at radius 3 is 2.54 bits per heavy atom. The maximum atomic E-state index is 13.8. The molecule has 0 bridgehead atoms. The molecule has 1 aliphatic heterocycles. The molecule has 4 N–H and O–H groups in total. The van der Waals surface area contributed by atoms with Crippen LogP contribution < -0.4 is 16.0 Å². The smallest absolute Gasteiger partial charge is 0.237 e. The molecular formula is C18H28FN3O2. The van der Waals surface area contributed by atoms with Gasteiger partial charge in [0.15, 0.2) is 0 Å². The first-order chi connectivity index (χ1) is 11.3. The second-order valence-corrected chi connectivity index (χ2v) is 6.92. The normalized spacial score (nSPS) is 18.5. The van der Waals surface area contributed by atoms with Crippen LogP contribution >= 0.6 is 0 Å². The zero-order chi connectivity index (χ0) is 17.9. The molecule has 0 radical (unpaired) electrons. The van der Waals surface area contributed by atoms with Gasteiger partial charge in [0.2, 0.25) is 5.91 Å². The van der Waals surface area contributed by atoms with Crippen LogP contribution in [0.2, 0.25) is 0 Å². The monoisotopic (exact) mass is 337 g/mol. The number of aliphatic hydroxyl groups is 1. The number of carbonyl (C=O) groups excluding carboxylic acids is 1. The Morgan fingerprint density at radius 1 is 1.33 bits per heavy atom. The van der Waals surface area contributed by atoms with Gasteiger partial charge in [0.05, 0.1) is 18.2 Å². The minimum atomic E-state index is -0.588. The van der Waals surface area contributed by atoms with Gasteiger partial charge in [0.1, 0.15) is 5.82 Å². The molecule has 0 spiro atoms. The second kappa shape index (κ2) is 7.94. The predicted molar refractivity (Wildman–Crippen MR) is 93.2 cm³/mol. The highest BCUT2D eigenvalue weighted by Gasteiger charge is 2.24. The van der Waals surface area contributed by atoms with E-state index in [2.05, 4.69) is 10.2 Å². The lowest BCUT2D eigenvalue weighted by Gasteiger charge is -2.34. The molecule has 1 aromatic carbocycles. The van der Waals surface area contributed by atoms with Gasteiger partial charge < -0.3 is 21.1 Å². The van der Waals surface area contributed by atoms with Gasteiger partial charge in [-0.3, -0.25) is 4.79 Å². The van der Waals surface area contributed by atoms with Gasteiger partial charge in [-0.25, -0.2) is 4.39 Å². The number of hydrogen-bond acceptors (Lipinski definition) is 4. The fraction of sp³-hybridized carbons (Fsp3) is 0.611. The first kappa shape index (κ1) is 18.7. The fourth-order valence-corrected chi connectivity index (χ4v) is 2.96. The number of amides is 1. The summed E-state index contributed by atoms with van der Waals surface area (Å²) in [5, 5.41) is 12.6. The molecule has 1 heterocycles. The number of carbonyl (C=O) groups is 1. The van der Waals surface area contributed by atoms with Crippen LogP contribution in [0.3, 0.4) is 0 Å². The Balaban J connectivity index is 2.19. The van der Waals surface area contributed by atoms with Crippen LogP contribution in [0.5, 0.6) is 0 Å². The van der Waals surface area contributed by atoms with E-state index in [-0.39, 0.29) is 29.8 Å². The van der Waals surface area contributed by atoms with Crippen LogP contribution in [0.4, 0.5) is 10.1 Å². The molecule has 0 unspecified atom stereocenters. The number of piperidine rings is 1. The van der Waals surface area contributed by atoms with E-state index >= 15 is 0 Å². The van der Waals surface area contributed by atoms with Gasteiger partial charge >= 0.3 is 0 Å². The van der Waals surface area contributed by atoms with E-state index in [0.717, 1.165) is 11.3 Å². The minimum Gasteiger partial charge on any atom is -0.393 e. The molecule has 0 aliphatic carbocycles. The Hall–Kier alpha value is -1.66. The van der Waals surface area contributed by atoms with Gasteiger partial charge in [-0.2, -0.15) is 0 Å². The first-order valence-electron chi connectivity index (χ1n) is 8.58. The van der Waals surface area contributed by atoms with Crippen molar-refractivity contribution >= 4 is 11.6 Å². The van der Waals surface area contributed by atoms with Gasteiger partial charge in [-0.15, -0.1) is 0 Å². The maximum absolute atomic E-state index is 13.8. The van der Waals surface area contributed by atoms with Crippen molar-refractivity contribution in [2.75, 3.05) is 18.0 Å². The van der Waals surface area contributed by atoms with E-state index in [1.807, 2.05) is 20.8 Å². The van der Waals surface area contributed by atoms with Crippen molar-refractivity contribution in [3.8, 4) is 0 Å². The number of benzene rings is 1. The highest BCUT2D eigenvalue weighted by Crippen LogP contribution is 2.29. The summed E-state index contributed by atoms with van der Waals surface area (Å²) >= 11 is 0. The highest BCUT2D eigenvalue weighted by atomic mass is 19.1. The molecule has 134 valence electrons. The number of halogens is 1. The molecule has 6 heteroatoms. The van der Waals surface area contributed by atoms with Crippen molar-refractivity contribution in [1.29, 1.82) is 0 Å². The van der Waals surface area contributed by atoms with Crippen LogP contribution in [0.25, 0.3) is 0 Å². The summed E-state index contributed by atoms with van der Waals surface area (Å²) in [6, 6.07) is 3.70. The Labute approximate surface area is 143 Å². The lowest BCUT2D eigenvalue weighted by molar-refractivity contribution is -0.123. The van der Waals surface area contributed by atoms with Crippen LogP contribution in [-0.4, -0.2) is 36.2 Å². The van der Waals surface area contributed by atoms with Crippen molar-refractivity contribution in [3.05, 3.63) is 29.6 Å². The topological polar surface area (TPSA) is 78.6 Å². The Kier molecular flexibility index (Phi) is 6.18. The maximum Gasteiger partial charge on any atom is 0.237 e. The lowest BCUT2D eigenvalue weighted by Crippen LogP contribution is -2.45. The van der Waals surface area contributed by atoms with Crippen LogP contribution in [0.1, 0.15) is 45.2 Å². The molecule has 2 rings (SSSR count). The SMILES string of the molecule is CC(C)[C@H](N)C(=O)N[C@@H](C)c1cc(F)ccc1N1CCC(O)CC1. The third kappa shape index (κ3) is 4.45. The van der Waals surface area contributed by atoms with Gasteiger partial charge in [-0.05, 0) is 43.9 Å². The summed E-state index contributed by atoms with van der Waals surface area (Å²) in [6.07, 6.45) is 1.11. The second-order valence-electron chi connectivity index (χ2n) is 6.92. The third-order valence-corrected chi connectivity index (χ3v) is 4.64. The van der Waals surface area contributed by atoms with E-state index in [0.29, 0.717) is 25.9 Å². The fourth-order valence-electron chi connectivity index (χ4n) is 2.96. The first-order valence-corrected chi connectivity index (χ1v) is 8.58. The van der Waals surface area contributed by atoms with Crippen molar-refractivity contribution in [2.24, 2.45) is 11.7 Å². The summed E-state index contributed by atoms with van der Waals surface area (Å²) in [6.45, 7) is 7.04. The van der Waals surface area contributed by atoms with E-state index < -0.39 is 6.04 Å². The summed E-state index contributed by atoms with van der Waals surface area (Å²) < 4.78 is 13.8. The molecule has 24 heavy (non-hydrogen) atoms. The minimum absolute atomic E-state index is 0.0350. The summed E-state index contributed by atoms with van der Waals surface area (Å²) in [4.78, 5) is 14.3. The number of nitrogens with one attached hydrogen (secondary N) is 1. The number of nitrogens with zero attached hydrogens (tertiary/aromatic N) is 1. The van der Waals surface area contributed by atoms with Crippen LogP contribution in [-0.2, 0) is 4.79 Å². The van der Waals surface area contributed by atoms with Gasteiger partial charge in [0, 0.05) is 24.3 Å². The Morgan fingerprint density at radius 2 is 1.96 bits per heavy atom. The molecule has 1 aromatic rings. The van der Waals surface area contributed by atoms with Gasteiger partial charge in [0.25, 0.3) is 0 Å². The van der Waals surface area contributed by atoms with Crippen molar-refractivity contribution < 1.29 is 14.3 Å². The molecule has 5 nitrogen and oxygen atoms in total. The third-order valence-electron chi connectivity index (χ3n) is 4.64. The molecule has 1 fully saturated rings. The Bertz CT molecular complexity index is 571. The molecule has 0 aromatic heterocycles. The summed E-state index contributed by atoms with van der Waals surface area (Å²) in [5.41, 5.74) is 7.52. The zero-order valence-corrected chi connectivity index (χ0v) is 14.6. The number of nitrogens with two attached hydrogens (primary N) is 1. The van der Waals surface area contributed by atoms with Crippen molar-refractivity contribution in [2.45, 2.75) is 51.8 Å². The van der Waals surface area contributed by atoms with Crippen LogP contribution in [0.15, 0.2) is 18.2 Å². The average Bonchev–Trinajstić information content (AvgIpc) is 2.54. The molecule has 2 atom stereocenters. The van der Waals surface area contributed by atoms with Crippen LogP contribution in [0, 0.1) is 11.7 Å². The summed E-state index contributed by atoms with van der Waals surface area (Å²) in [7, 11) is 0. The summed E-state index contributed by atoms with van der Waals surface area (Å²) in [5.74, 6) is -0.533. The number of rotatable bonds is 5. The lowest BCUT2D eigenvalue weighted by atomic mass is 10.00. The van der Waals surface area contributed by atoms with E-state index in [9.17, 15) is 14.3 Å². The van der Waals surface area contributed by atoms with E-state index in [1.54, 1.807) is 6.07 Å². The van der Waals surface area contributed by atoms with E-state index in [1.165, 1.54) is 12.1 Å². The number of aliphatic hydroxyl groups excluding tert-OH is 1. The van der Waals surface area contributed by atoms with E-state index in [4.69, 9.17) is 5.73 Å². The standard InChI is InChI=1S/C18H28FN3O2/c1-11(2)17(20)18(24)21-12(3)15-10-13(19)4-5-16(15)22-8-6-14(23)7-9-22/h4-5,10-12,14,17,23H,6-9,20H2,1-3H3,(H,21,24)/t12-,17-/m0/s1. The average molecular weight is 337 g/mol. The van der Waals surface area contributed by atoms with Crippen molar-refractivity contribution in [1.82, 2.24) is 5.32 Å². The molecular weight excluding hydrogens is 309 g/mol. The molecule has 1 amide bonds. The predicted octanol–water partition coefficient (Wildman–Crippen LogP) is 1.95. The van der Waals surface area contributed by atoms with Gasteiger partial charge in [-0.1, -0.05) is 13.8 Å². The molecule has 1 saturated heterocycles. The highest BCUT2D eigenvalue weighted by molar-refractivity contribution is 5.82. The van der Waals surface area contributed by atoms with Crippen molar-refractivity contribution in [3.63, 3.8) is 0 Å². The quantitative estimate of drug-likeness (QED) is 0.767.